The summed E-state index contributed by atoms with van der Waals surface area (Å²) < 4.78 is 0. The number of hydrogen-bond acceptors (Lipinski definition) is 8. The molecule has 0 spiro atoms. The summed E-state index contributed by atoms with van der Waals surface area (Å²) in [5.74, 6) is 0.339. The molecule has 7 N–H and O–H groups in total. The SMILES string of the molecule is CCC(c1nc(N)nc(N)n1)C(O)c1nc(-c2ccccc2)[nH]c1CO. The number of anilines is 2. The number of aromatic amines is 1. The van der Waals surface area contributed by atoms with Gasteiger partial charge < -0.3 is 26.7 Å². The van der Waals surface area contributed by atoms with Crippen LogP contribution >= 0.6 is 0 Å². The van der Waals surface area contributed by atoms with Crippen LogP contribution < -0.4 is 11.5 Å². The molecule has 26 heavy (non-hydrogen) atoms. The van der Waals surface area contributed by atoms with Crippen LogP contribution in [-0.4, -0.2) is 35.1 Å². The minimum absolute atomic E-state index is 0.00691. The minimum Gasteiger partial charge on any atom is -0.390 e. The smallest absolute Gasteiger partial charge is 0.225 e. The van der Waals surface area contributed by atoms with E-state index in [0.29, 0.717) is 23.6 Å². The third kappa shape index (κ3) is 3.48. The Morgan fingerprint density at radius 2 is 1.69 bits per heavy atom. The van der Waals surface area contributed by atoms with Crippen LogP contribution in [0.15, 0.2) is 30.3 Å². The Bertz CT molecular complexity index is 862. The molecule has 2 unspecified atom stereocenters. The summed E-state index contributed by atoms with van der Waals surface area (Å²) in [6.07, 6.45) is -0.528. The van der Waals surface area contributed by atoms with Crippen molar-refractivity contribution in [3.05, 3.63) is 47.5 Å². The highest BCUT2D eigenvalue weighted by Crippen LogP contribution is 2.34. The first-order valence-corrected chi connectivity index (χ1v) is 8.23. The zero-order valence-corrected chi connectivity index (χ0v) is 14.3. The number of nitrogens with two attached hydrogens (primary N) is 2. The third-order valence-electron chi connectivity index (χ3n) is 4.14. The highest BCUT2D eigenvalue weighted by molar-refractivity contribution is 5.55. The molecule has 2 atom stereocenters. The first-order valence-electron chi connectivity index (χ1n) is 8.23. The van der Waals surface area contributed by atoms with E-state index in [1.54, 1.807) is 0 Å². The zero-order valence-electron chi connectivity index (χ0n) is 14.3. The van der Waals surface area contributed by atoms with Crippen molar-refractivity contribution >= 4 is 11.9 Å². The van der Waals surface area contributed by atoms with Crippen molar-refractivity contribution in [3.8, 4) is 11.4 Å². The average molecular weight is 355 g/mol. The second kappa shape index (κ2) is 7.46. The van der Waals surface area contributed by atoms with Gasteiger partial charge in [-0.25, -0.2) is 4.98 Å². The molecule has 0 radical (unpaired) electrons. The molecule has 3 aromatic rings. The third-order valence-corrected chi connectivity index (χ3v) is 4.14. The van der Waals surface area contributed by atoms with Gasteiger partial charge in [-0.05, 0) is 6.42 Å². The maximum atomic E-state index is 10.9. The largest absolute Gasteiger partial charge is 0.390 e. The summed E-state index contributed by atoms with van der Waals surface area (Å²) >= 11 is 0. The van der Waals surface area contributed by atoms with E-state index < -0.39 is 12.0 Å². The van der Waals surface area contributed by atoms with Crippen LogP contribution in [0.3, 0.4) is 0 Å². The van der Waals surface area contributed by atoms with Gasteiger partial charge in [-0.3, -0.25) is 0 Å². The number of nitrogen functional groups attached to an aromatic ring is 2. The Morgan fingerprint density at radius 1 is 1.04 bits per heavy atom. The number of rotatable bonds is 6. The lowest BCUT2D eigenvalue weighted by Gasteiger charge is -2.20. The Kier molecular flexibility index (Phi) is 5.10. The fourth-order valence-corrected chi connectivity index (χ4v) is 2.85. The molecule has 2 heterocycles. The van der Waals surface area contributed by atoms with Crippen LogP contribution in [0, 0.1) is 0 Å². The number of nitrogens with zero attached hydrogens (tertiary/aromatic N) is 4. The van der Waals surface area contributed by atoms with Gasteiger partial charge in [-0.1, -0.05) is 37.3 Å². The van der Waals surface area contributed by atoms with E-state index in [2.05, 4.69) is 24.9 Å². The van der Waals surface area contributed by atoms with Crippen LogP contribution in [0.4, 0.5) is 11.9 Å². The van der Waals surface area contributed by atoms with E-state index >= 15 is 0 Å². The van der Waals surface area contributed by atoms with Crippen molar-refractivity contribution in [2.45, 2.75) is 32.0 Å². The molecular weight excluding hydrogens is 334 g/mol. The Balaban J connectivity index is 1.99. The molecule has 0 saturated carbocycles. The number of nitrogens with one attached hydrogen (secondary N) is 1. The van der Waals surface area contributed by atoms with Crippen molar-refractivity contribution in [2.24, 2.45) is 0 Å². The van der Waals surface area contributed by atoms with Gasteiger partial charge in [0.15, 0.2) is 0 Å². The molecule has 0 aliphatic rings. The lowest BCUT2D eigenvalue weighted by atomic mass is 9.95. The molecule has 9 heteroatoms. The van der Waals surface area contributed by atoms with Crippen molar-refractivity contribution < 1.29 is 10.2 Å². The molecule has 3 rings (SSSR count). The Morgan fingerprint density at radius 3 is 2.27 bits per heavy atom. The van der Waals surface area contributed by atoms with Gasteiger partial charge in [-0.15, -0.1) is 0 Å². The standard InChI is InChI=1S/C17H21N7O2/c1-2-10(15-22-16(18)24-17(19)23-15)13(26)12-11(8-25)20-14(21-12)9-6-4-3-5-7-9/h3-7,10,13,25-26H,2,8H2,1H3,(H,20,21)(H4,18,19,22,23,24). The number of benzene rings is 1. The molecule has 1 aromatic carbocycles. The van der Waals surface area contributed by atoms with Crippen molar-refractivity contribution in [1.82, 2.24) is 24.9 Å². The van der Waals surface area contributed by atoms with Crippen LogP contribution in [0.2, 0.25) is 0 Å². The molecule has 2 aromatic heterocycles. The lowest BCUT2D eigenvalue weighted by molar-refractivity contribution is 0.131. The van der Waals surface area contributed by atoms with E-state index in [4.69, 9.17) is 11.5 Å². The fourth-order valence-electron chi connectivity index (χ4n) is 2.85. The lowest BCUT2D eigenvalue weighted by Crippen LogP contribution is -2.17. The van der Waals surface area contributed by atoms with E-state index in [0.717, 1.165) is 5.56 Å². The molecule has 0 aliphatic heterocycles. The van der Waals surface area contributed by atoms with E-state index in [1.807, 2.05) is 37.3 Å². The number of imidazole rings is 1. The maximum absolute atomic E-state index is 10.9. The first-order chi connectivity index (χ1) is 12.5. The number of aromatic nitrogens is 5. The van der Waals surface area contributed by atoms with Gasteiger partial charge in [0.1, 0.15) is 17.8 Å². The van der Waals surface area contributed by atoms with E-state index in [9.17, 15) is 10.2 Å². The van der Waals surface area contributed by atoms with Gasteiger partial charge in [0.05, 0.1) is 23.9 Å². The van der Waals surface area contributed by atoms with Gasteiger partial charge >= 0.3 is 0 Å². The summed E-state index contributed by atoms with van der Waals surface area (Å²) in [5.41, 5.74) is 12.9. The van der Waals surface area contributed by atoms with E-state index in [1.165, 1.54) is 0 Å². The van der Waals surface area contributed by atoms with Crippen molar-refractivity contribution in [2.75, 3.05) is 11.5 Å². The predicted molar refractivity (Wildman–Crippen MR) is 96.6 cm³/mol. The average Bonchev–Trinajstić information content (AvgIpc) is 3.06. The summed E-state index contributed by atoms with van der Waals surface area (Å²) in [7, 11) is 0. The highest BCUT2D eigenvalue weighted by atomic mass is 16.3. The quantitative estimate of drug-likeness (QED) is 0.440. The fraction of sp³-hybridized carbons (Fsp3) is 0.294. The normalized spacial score (nSPS) is 13.5. The van der Waals surface area contributed by atoms with Gasteiger partial charge in [0, 0.05) is 5.56 Å². The molecule has 0 amide bonds. The number of aliphatic hydroxyl groups excluding tert-OH is 2. The summed E-state index contributed by atoms with van der Waals surface area (Å²) in [4.78, 5) is 19.5. The van der Waals surface area contributed by atoms with Crippen LogP contribution in [-0.2, 0) is 6.61 Å². The molecular formula is C17H21N7O2. The summed E-state index contributed by atoms with van der Waals surface area (Å²) in [5, 5.41) is 20.6. The van der Waals surface area contributed by atoms with Gasteiger partial charge in [0.25, 0.3) is 0 Å². The molecule has 0 aliphatic carbocycles. The second-order valence-electron chi connectivity index (χ2n) is 5.84. The second-order valence-corrected chi connectivity index (χ2v) is 5.84. The summed E-state index contributed by atoms with van der Waals surface area (Å²) in [6, 6.07) is 9.45. The van der Waals surface area contributed by atoms with Crippen molar-refractivity contribution in [1.29, 1.82) is 0 Å². The first kappa shape index (κ1) is 17.8. The maximum Gasteiger partial charge on any atom is 0.225 e. The molecule has 0 bridgehead atoms. The number of aliphatic hydroxyl groups is 2. The highest BCUT2D eigenvalue weighted by Gasteiger charge is 2.29. The molecule has 136 valence electrons. The summed E-state index contributed by atoms with van der Waals surface area (Å²) in [6.45, 7) is 1.59. The minimum atomic E-state index is -1.04. The van der Waals surface area contributed by atoms with Gasteiger partial charge in [-0.2, -0.15) is 15.0 Å². The zero-order chi connectivity index (χ0) is 18.7. The van der Waals surface area contributed by atoms with Crippen LogP contribution in [0.1, 0.15) is 42.6 Å². The van der Waals surface area contributed by atoms with Crippen molar-refractivity contribution in [3.63, 3.8) is 0 Å². The molecule has 0 saturated heterocycles. The topological polar surface area (TPSA) is 160 Å². The number of hydrogen-bond donors (Lipinski definition) is 5. The Labute approximate surface area is 150 Å². The monoisotopic (exact) mass is 355 g/mol. The number of H-pyrrole nitrogens is 1. The van der Waals surface area contributed by atoms with Gasteiger partial charge in [0.2, 0.25) is 11.9 Å². The van der Waals surface area contributed by atoms with E-state index in [-0.39, 0.29) is 24.3 Å². The molecule has 9 nitrogen and oxygen atoms in total. The molecule has 0 fully saturated rings. The Hall–Kier alpha value is -3.04. The predicted octanol–water partition coefficient (Wildman–Crippen LogP) is 1.15. The van der Waals surface area contributed by atoms with Crippen LogP contribution in [0.5, 0.6) is 0 Å². The van der Waals surface area contributed by atoms with Crippen LogP contribution in [0.25, 0.3) is 11.4 Å².